The molecule has 0 bridgehead atoms. The molecular weight excluding hydrogens is 380 g/mol. The number of benzene rings is 2. The number of hydrogen-bond acceptors (Lipinski definition) is 3. The van der Waals surface area contributed by atoms with E-state index in [1.165, 1.54) is 33.6 Å². The molecule has 0 unspecified atom stereocenters. The smallest absolute Gasteiger partial charge is 0.210 e. The maximum absolute atomic E-state index is 6.24. The Bertz CT molecular complexity index is 761. The highest BCUT2D eigenvalue weighted by molar-refractivity contribution is 5.68. The summed E-state index contributed by atoms with van der Waals surface area (Å²) in [5.41, 5.74) is 8.39. The van der Waals surface area contributed by atoms with Crippen molar-refractivity contribution in [2.75, 3.05) is 30.0 Å². The summed E-state index contributed by atoms with van der Waals surface area (Å²) in [5.74, 6) is 1.87. The van der Waals surface area contributed by atoms with Gasteiger partial charge in [0.2, 0.25) is 6.35 Å². The van der Waals surface area contributed by atoms with E-state index in [4.69, 9.17) is 4.74 Å². The maximum Gasteiger partial charge on any atom is 0.210 e. The van der Waals surface area contributed by atoms with Gasteiger partial charge in [-0.1, -0.05) is 91.8 Å². The van der Waals surface area contributed by atoms with Crippen LogP contribution in [0.25, 0.3) is 0 Å². The van der Waals surface area contributed by atoms with Gasteiger partial charge in [-0.25, -0.2) is 0 Å². The van der Waals surface area contributed by atoms with E-state index in [0.717, 1.165) is 13.1 Å². The van der Waals surface area contributed by atoms with Gasteiger partial charge in [-0.15, -0.1) is 0 Å². The minimum atomic E-state index is -0.102. The van der Waals surface area contributed by atoms with Gasteiger partial charge in [0, 0.05) is 31.6 Å². The molecule has 2 aromatic rings. The predicted octanol–water partition coefficient (Wildman–Crippen LogP) is 7.44. The Hall–Kier alpha value is -2.00. The van der Waals surface area contributed by atoms with Gasteiger partial charge in [-0.2, -0.15) is 0 Å². The molecule has 31 heavy (non-hydrogen) atoms. The number of para-hydroxylation sites is 2. The van der Waals surface area contributed by atoms with Crippen molar-refractivity contribution >= 4 is 11.4 Å². The zero-order valence-electron chi connectivity index (χ0n) is 21.1. The van der Waals surface area contributed by atoms with Gasteiger partial charge in [0.05, 0.1) is 0 Å². The van der Waals surface area contributed by atoms with Crippen molar-refractivity contribution in [2.24, 2.45) is 0 Å². The van der Waals surface area contributed by atoms with Crippen LogP contribution in [-0.4, -0.2) is 26.6 Å². The lowest BCUT2D eigenvalue weighted by molar-refractivity contribution is 0.113. The Morgan fingerprint density at radius 1 is 0.613 bits per heavy atom. The quantitative estimate of drug-likeness (QED) is 0.461. The van der Waals surface area contributed by atoms with Crippen molar-refractivity contribution in [3.05, 3.63) is 58.7 Å². The Balaban J connectivity index is 2.15. The molecule has 0 atom stereocenters. The van der Waals surface area contributed by atoms with E-state index in [1.54, 1.807) is 0 Å². The zero-order chi connectivity index (χ0) is 22.9. The number of rotatable bonds is 7. The fourth-order valence-electron chi connectivity index (χ4n) is 4.99. The van der Waals surface area contributed by atoms with Crippen molar-refractivity contribution in [2.45, 2.75) is 85.4 Å². The van der Waals surface area contributed by atoms with Crippen LogP contribution >= 0.6 is 0 Å². The highest BCUT2D eigenvalue weighted by Crippen LogP contribution is 2.42. The molecule has 170 valence electrons. The third-order valence-electron chi connectivity index (χ3n) is 6.59. The molecular formula is C28H42N2O. The second-order valence-corrected chi connectivity index (χ2v) is 10.1. The molecule has 0 aromatic heterocycles. The largest absolute Gasteiger partial charge is 0.344 e. The fourth-order valence-corrected chi connectivity index (χ4v) is 4.99. The first kappa shape index (κ1) is 23.7. The minimum absolute atomic E-state index is 0.102. The molecule has 0 saturated carbocycles. The number of hydrogen-bond donors (Lipinski definition) is 0. The SMILES string of the molecule is COC1N(c2c(C(C)C)cccc2C(C)C)CCN1c1c(C(C)C)cccc1C(C)C. The van der Waals surface area contributed by atoms with E-state index in [0.29, 0.717) is 23.7 Å². The average molecular weight is 423 g/mol. The Morgan fingerprint density at radius 2 is 0.903 bits per heavy atom. The summed E-state index contributed by atoms with van der Waals surface area (Å²) in [5, 5.41) is 0. The molecule has 0 aliphatic carbocycles. The fraction of sp³-hybridized carbons (Fsp3) is 0.571. The molecule has 3 rings (SSSR count). The van der Waals surface area contributed by atoms with E-state index < -0.39 is 0 Å². The molecule has 1 fully saturated rings. The molecule has 1 saturated heterocycles. The van der Waals surface area contributed by atoms with Gasteiger partial charge in [0.1, 0.15) is 0 Å². The van der Waals surface area contributed by atoms with Crippen molar-refractivity contribution < 1.29 is 4.74 Å². The molecule has 3 heteroatoms. The van der Waals surface area contributed by atoms with Crippen LogP contribution in [0.4, 0.5) is 11.4 Å². The van der Waals surface area contributed by atoms with Crippen molar-refractivity contribution in [1.29, 1.82) is 0 Å². The lowest BCUT2D eigenvalue weighted by Gasteiger charge is -2.37. The van der Waals surface area contributed by atoms with Crippen LogP contribution < -0.4 is 9.80 Å². The van der Waals surface area contributed by atoms with Gasteiger partial charge >= 0.3 is 0 Å². The maximum atomic E-state index is 6.24. The summed E-state index contributed by atoms with van der Waals surface area (Å²) >= 11 is 0. The molecule has 3 nitrogen and oxygen atoms in total. The molecule has 1 aliphatic heterocycles. The molecule has 1 aliphatic rings. The van der Waals surface area contributed by atoms with Crippen LogP contribution in [-0.2, 0) is 4.74 Å². The van der Waals surface area contributed by atoms with Gasteiger partial charge in [0.25, 0.3) is 0 Å². The lowest BCUT2D eigenvalue weighted by atomic mass is 9.91. The summed E-state index contributed by atoms with van der Waals surface area (Å²) < 4.78 is 6.24. The van der Waals surface area contributed by atoms with Gasteiger partial charge in [-0.05, 0) is 45.9 Å². The standard InChI is InChI=1S/C28H42N2O/c1-18(2)22-12-10-13-23(19(3)4)26(22)29-16-17-30(28(29)31-9)27-24(20(5)6)14-11-15-25(27)21(7)8/h10-15,18-21,28H,16-17H2,1-9H3. The second-order valence-electron chi connectivity index (χ2n) is 10.1. The van der Waals surface area contributed by atoms with Crippen molar-refractivity contribution in [1.82, 2.24) is 0 Å². The first-order valence-electron chi connectivity index (χ1n) is 12.0. The number of ether oxygens (including phenoxy) is 1. The van der Waals surface area contributed by atoms with Crippen LogP contribution in [0.3, 0.4) is 0 Å². The molecule has 0 spiro atoms. The van der Waals surface area contributed by atoms with Gasteiger partial charge < -0.3 is 14.5 Å². The number of anilines is 2. The predicted molar refractivity (Wildman–Crippen MR) is 135 cm³/mol. The first-order valence-corrected chi connectivity index (χ1v) is 12.0. The highest BCUT2D eigenvalue weighted by atomic mass is 16.5. The van der Waals surface area contributed by atoms with E-state index in [-0.39, 0.29) is 6.35 Å². The summed E-state index contributed by atoms with van der Waals surface area (Å²) in [4.78, 5) is 5.01. The molecule has 0 radical (unpaired) electrons. The average Bonchev–Trinajstić information content (AvgIpc) is 3.15. The van der Waals surface area contributed by atoms with Crippen LogP contribution in [0.1, 0.15) is 101 Å². The molecule has 2 aromatic carbocycles. The van der Waals surface area contributed by atoms with Crippen LogP contribution in [0.15, 0.2) is 36.4 Å². The molecule has 1 heterocycles. The topological polar surface area (TPSA) is 15.7 Å². The Labute approximate surface area is 190 Å². The van der Waals surface area contributed by atoms with E-state index in [1.807, 2.05) is 7.11 Å². The second kappa shape index (κ2) is 9.65. The third kappa shape index (κ3) is 4.48. The number of nitrogens with zero attached hydrogens (tertiary/aromatic N) is 2. The zero-order valence-corrected chi connectivity index (χ0v) is 21.1. The Morgan fingerprint density at radius 3 is 1.13 bits per heavy atom. The van der Waals surface area contributed by atoms with E-state index >= 15 is 0 Å². The first-order chi connectivity index (χ1) is 14.7. The van der Waals surface area contributed by atoms with Crippen molar-refractivity contribution in [3.8, 4) is 0 Å². The van der Waals surface area contributed by atoms with Crippen LogP contribution in [0, 0.1) is 0 Å². The van der Waals surface area contributed by atoms with Crippen molar-refractivity contribution in [3.63, 3.8) is 0 Å². The van der Waals surface area contributed by atoms with Gasteiger partial charge in [0.15, 0.2) is 0 Å². The molecule has 0 amide bonds. The summed E-state index contributed by atoms with van der Waals surface area (Å²) in [6.07, 6.45) is -0.102. The van der Waals surface area contributed by atoms with Crippen LogP contribution in [0.5, 0.6) is 0 Å². The van der Waals surface area contributed by atoms with E-state index in [9.17, 15) is 0 Å². The molecule has 0 N–H and O–H groups in total. The monoisotopic (exact) mass is 422 g/mol. The minimum Gasteiger partial charge on any atom is -0.344 e. The van der Waals surface area contributed by atoms with E-state index in [2.05, 4.69) is 102 Å². The normalized spacial score (nSPS) is 15.4. The third-order valence-corrected chi connectivity index (χ3v) is 6.59. The summed E-state index contributed by atoms with van der Waals surface area (Å²) in [7, 11) is 1.86. The van der Waals surface area contributed by atoms with Gasteiger partial charge in [-0.3, -0.25) is 0 Å². The highest BCUT2D eigenvalue weighted by Gasteiger charge is 2.37. The summed E-state index contributed by atoms with van der Waals surface area (Å²) in [6.45, 7) is 20.3. The van der Waals surface area contributed by atoms with Crippen LogP contribution in [0.2, 0.25) is 0 Å². The summed E-state index contributed by atoms with van der Waals surface area (Å²) in [6, 6.07) is 13.6. The number of methoxy groups -OCH3 is 1. The lowest BCUT2D eigenvalue weighted by Crippen LogP contribution is -2.42. The Kier molecular flexibility index (Phi) is 7.36.